The van der Waals surface area contributed by atoms with Gasteiger partial charge in [-0.1, -0.05) is 6.92 Å². The predicted octanol–water partition coefficient (Wildman–Crippen LogP) is 1.38. The first-order valence-electron chi connectivity index (χ1n) is 4.07. The van der Waals surface area contributed by atoms with Crippen LogP contribution in [0, 0.1) is 11.3 Å². The van der Waals surface area contributed by atoms with E-state index >= 15 is 0 Å². The molecule has 66 valence electrons. The van der Waals surface area contributed by atoms with E-state index in [9.17, 15) is 0 Å². The van der Waals surface area contributed by atoms with Gasteiger partial charge in [-0.15, -0.1) is 0 Å². The van der Waals surface area contributed by atoms with Crippen molar-refractivity contribution in [2.75, 3.05) is 13.2 Å². The SMILES string of the molecule is CCOCC(C)CCC(=N)N. The minimum Gasteiger partial charge on any atom is -0.388 e. The van der Waals surface area contributed by atoms with Crippen molar-refractivity contribution in [1.29, 1.82) is 5.41 Å². The van der Waals surface area contributed by atoms with Crippen molar-refractivity contribution in [1.82, 2.24) is 0 Å². The zero-order chi connectivity index (χ0) is 8.69. The molecule has 3 N–H and O–H groups in total. The Morgan fingerprint density at radius 2 is 2.27 bits per heavy atom. The average molecular weight is 158 g/mol. The van der Waals surface area contributed by atoms with E-state index in [-0.39, 0.29) is 5.84 Å². The molecule has 11 heavy (non-hydrogen) atoms. The summed E-state index contributed by atoms with van der Waals surface area (Å²) in [5.41, 5.74) is 5.21. The maximum atomic E-state index is 7.00. The van der Waals surface area contributed by atoms with Crippen LogP contribution in [0.4, 0.5) is 0 Å². The van der Waals surface area contributed by atoms with E-state index in [1.54, 1.807) is 0 Å². The smallest absolute Gasteiger partial charge is 0.0905 e. The normalized spacial score (nSPS) is 12.9. The Bertz CT molecular complexity index is 115. The van der Waals surface area contributed by atoms with Crippen molar-refractivity contribution in [3.8, 4) is 0 Å². The Hall–Kier alpha value is -0.570. The first-order chi connectivity index (χ1) is 5.16. The van der Waals surface area contributed by atoms with E-state index in [0.717, 1.165) is 19.6 Å². The summed E-state index contributed by atoms with van der Waals surface area (Å²) in [5, 5.41) is 7.00. The second-order valence-corrected chi connectivity index (χ2v) is 2.83. The van der Waals surface area contributed by atoms with Crippen molar-refractivity contribution >= 4 is 5.84 Å². The van der Waals surface area contributed by atoms with Crippen LogP contribution in [0.5, 0.6) is 0 Å². The summed E-state index contributed by atoms with van der Waals surface area (Å²) in [5.74, 6) is 0.784. The van der Waals surface area contributed by atoms with Crippen LogP contribution in [-0.4, -0.2) is 19.0 Å². The number of hydrogen-bond donors (Lipinski definition) is 2. The summed E-state index contributed by atoms with van der Waals surface area (Å²) in [6.45, 7) is 5.64. The van der Waals surface area contributed by atoms with Gasteiger partial charge in [0.2, 0.25) is 0 Å². The summed E-state index contributed by atoms with van der Waals surface area (Å²) >= 11 is 0. The van der Waals surface area contributed by atoms with Gasteiger partial charge < -0.3 is 10.5 Å². The fraction of sp³-hybridized carbons (Fsp3) is 0.875. The fourth-order valence-corrected chi connectivity index (χ4v) is 0.804. The Kier molecular flexibility index (Phi) is 5.84. The van der Waals surface area contributed by atoms with E-state index in [1.807, 2.05) is 6.92 Å². The second kappa shape index (κ2) is 6.16. The Balaban J connectivity index is 3.22. The Labute approximate surface area is 68.4 Å². The van der Waals surface area contributed by atoms with Gasteiger partial charge in [0.15, 0.2) is 0 Å². The number of rotatable bonds is 6. The van der Waals surface area contributed by atoms with Gasteiger partial charge in [0, 0.05) is 19.6 Å². The van der Waals surface area contributed by atoms with E-state index in [2.05, 4.69) is 6.92 Å². The molecule has 3 nitrogen and oxygen atoms in total. The van der Waals surface area contributed by atoms with Gasteiger partial charge in [-0.2, -0.15) is 0 Å². The van der Waals surface area contributed by atoms with Crippen molar-refractivity contribution < 1.29 is 4.74 Å². The molecule has 0 saturated heterocycles. The third kappa shape index (κ3) is 7.33. The lowest BCUT2D eigenvalue weighted by Gasteiger charge is -2.09. The molecule has 0 fully saturated rings. The molecular formula is C8H18N2O. The molecule has 0 amide bonds. The molecule has 0 aromatic heterocycles. The molecule has 0 heterocycles. The van der Waals surface area contributed by atoms with Crippen molar-refractivity contribution in [2.45, 2.75) is 26.7 Å². The maximum absolute atomic E-state index is 7.00. The molecule has 1 atom stereocenters. The zero-order valence-corrected chi connectivity index (χ0v) is 7.39. The highest BCUT2D eigenvalue weighted by atomic mass is 16.5. The maximum Gasteiger partial charge on any atom is 0.0905 e. The van der Waals surface area contributed by atoms with E-state index in [4.69, 9.17) is 15.9 Å². The summed E-state index contributed by atoms with van der Waals surface area (Å²) in [6.07, 6.45) is 1.64. The minimum atomic E-state index is 0.272. The van der Waals surface area contributed by atoms with Crippen LogP contribution in [-0.2, 0) is 4.74 Å². The highest BCUT2D eigenvalue weighted by molar-refractivity contribution is 5.76. The Morgan fingerprint density at radius 1 is 1.64 bits per heavy atom. The first-order valence-corrected chi connectivity index (χ1v) is 4.07. The Morgan fingerprint density at radius 3 is 2.73 bits per heavy atom. The average Bonchev–Trinajstić information content (AvgIpc) is 1.97. The summed E-state index contributed by atoms with van der Waals surface area (Å²) in [4.78, 5) is 0. The molecule has 0 aliphatic rings. The molecule has 0 bridgehead atoms. The highest BCUT2D eigenvalue weighted by Gasteiger charge is 2.01. The largest absolute Gasteiger partial charge is 0.388 e. The minimum absolute atomic E-state index is 0.272. The number of nitrogens with one attached hydrogen (secondary N) is 1. The van der Waals surface area contributed by atoms with E-state index in [1.165, 1.54) is 0 Å². The molecule has 0 spiro atoms. The van der Waals surface area contributed by atoms with Crippen LogP contribution in [0.2, 0.25) is 0 Å². The molecule has 3 heteroatoms. The van der Waals surface area contributed by atoms with Gasteiger partial charge in [0.1, 0.15) is 0 Å². The van der Waals surface area contributed by atoms with Crippen LogP contribution in [0.1, 0.15) is 26.7 Å². The van der Waals surface area contributed by atoms with Gasteiger partial charge >= 0.3 is 0 Å². The lowest BCUT2D eigenvalue weighted by atomic mass is 10.1. The quantitative estimate of drug-likeness (QED) is 0.453. The molecule has 0 aliphatic heterocycles. The second-order valence-electron chi connectivity index (χ2n) is 2.83. The molecule has 0 radical (unpaired) electrons. The van der Waals surface area contributed by atoms with Crippen LogP contribution in [0.3, 0.4) is 0 Å². The van der Waals surface area contributed by atoms with Crippen LogP contribution in [0.15, 0.2) is 0 Å². The van der Waals surface area contributed by atoms with Crippen molar-refractivity contribution in [3.63, 3.8) is 0 Å². The number of ether oxygens (including phenoxy) is 1. The van der Waals surface area contributed by atoms with Gasteiger partial charge in [0.05, 0.1) is 5.84 Å². The van der Waals surface area contributed by atoms with Crippen molar-refractivity contribution in [3.05, 3.63) is 0 Å². The van der Waals surface area contributed by atoms with Crippen molar-refractivity contribution in [2.24, 2.45) is 11.7 Å². The molecular weight excluding hydrogens is 140 g/mol. The fourth-order valence-electron chi connectivity index (χ4n) is 0.804. The lowest BCUT2D eigenvalue weighted by molar-refractivity contribution is 0.114. The molecule has 1 unspecified atom stereocenters. The number of hydrogen-bond acceptors (Lipinski definition) is 2. The predicted molar refractivity (Wildman–Crippen MR) is 46.8 cm³/mol. The summed E-state index contributed by atoms with van der Waals surface area (Å²) in [6, 6.07) is 0. The monoisotopic (exact) mass is 158 g/mol. The first kappa shape index (κ1) is 10.4. The third-order valence-corrected chi connectivity index (χ3v) is 1.51. The van der Waals surface area contributed by atoms with Gasteiger partial charge in [-0.3, -0.25) is 5.41 Å². The van der Waals surface area contributed by atoms with E-state index < -0.39 is 0 Å². The standard InChI is InChI=1S/C8H18N2O/c1-3-11-6-7(2)4-5-8(9)10/h7H,3-6H2,1-2H3,(H3,9,10). The molecule has 0 rings (SSSR count). The highest BCUT2D eigenvalue weighted by Crippen LogP contribution is 2.04. The van der Waals surface area contributed by atoms with Gasteiger partial charge in [-0.05, 0) is 19.3 Å². The topological polar surface area (TPSA) is 59.1 Å². The molecule has 0 aromatic rings. The molecule has 0 saturated carbocycles. The van der Waals surface area contributed by atoms with E-state index in [0.29, 0.717) is 12.3 Å². The van der Waals surface area contributed by atoms with Crippen LogP contribution < -0.4 is 5.73 Å². The van der Waals surface area contributed by atoms with Crippen LogP contribution >= 0.6 is 0 Å². The summed E-state index contributed by atoms with van der Waals surface area (Å²) < 4.78 is 5.22. The summed E-state index contributed by atoms with van der Waals surface area (Å²) in [7, 11) is 0. The zero-order valence-electron chi connectivity index (χ0n) is 7.39. The number of amidine groups is 1. The third-order valence-electron chi connectivity index (χ3n) is 1.51. The number of nitrogens with two attached hydrogens (primary N) is 1. The molecule has 0 aliphatic carbocycles. The molecule has 0 aromatic carbocycles. The van der Waals surface area contributed by atoms with Crippen LogP contribution in [0.25, 0.3) is 0 Å². The van der Waals surface area contributed by atoms with Gasteiger partial charge in [-0.25, -0.2) is 0 Å². The lowest BCUT2D eigenvalue weighted by Crippen LogP contribution is -2.13. The van der Waals surface area contributed by atoms with Gasteiger partial charge in [0.25, 0.3) is 0 Å².